The Labute approximate surface area is 150 Å². The van der Waals surface area contributed by atoms with E-state index in [0.29, 0.717) is 30.8 Å². The Morgan fingerprint density at radius 1 is 1.15 bits per heavy atom. The van der Waals surface area contributed by atoms with E-state index in [1.807, 2.05) is 53.4 Å². The average molecular weight is 350 g/mol. The second kappa shape index (κ2) is 6.51. The number of fused-ring (bicyclic) bond motifs is 1. The summed E-state index contributed by atoms with van der Waals surface area (Å²) in [6.45, 7) is 0.937. The third-order valence-electron chi connectivity index (χ3n) is 4.62. The van der Waals surface area contributed by atoms with Gasteiger partial charge in [-0.3, -0.25) is 9.89 Å². The number of carbonyl (C=O) groups excluding carboxylic acids is 2. The molecule has 0 radical (unpaired) electrons. The Morgan fingerprint density at radius 3 is 2.58 bits per heavy atom. The maximum absolute atomic E-state index is 12.8. The molecule has 132 valence electrons. The summed E-state index contributed by atoms with van der Waals surface area (Å²) in [4.78, 5) is 26.3. The Hall–Kier alpha value is -3.35. The van der Waals surface area contributed by atoms with Crippen molar-refractivity contribution in [1.82, 2.24) is 19.7 Å². The number of carbonyl (C=O) groups is 2. The van der Waals surface area contributed by atoms with Crippen LogP contribution in [0.2, 0.25) is 0 Å². The summed E-state index contributed by atoms with van der Waals surface area (Å²) in [5.41, 5.74) is 3.57. The molecular formula is C19H18N4O3. The van der Waals surface area contributed by atoms with E-state index in [1.54, 1.807) is 4.90 Å². The van der Waals surface area contributed by atoms with Crippen molar-refractivity contribution in [1.29, 1.82) is 0 Å². The number of ether oxygens (including phenoxy) is 1. The number of hydrogen-bond donors (Lipinski definition) is 1. The fraction of sp³-hybridized carbons (Fsp3) is 0.211. The van der Waals surface area contributed by atoms with Crippen molar-refractivity contribution in [3.8, 4) is 5.69 Å². The number of H-pyrrole nitrogens is 1. The minimum atomic E-state index is -0.456. The molecule has 1 aliphatic rings. The van der Waals surface area contributed by atoms with Gasteiger partial charge in [0.15, 0.2) is 5.69 Å². The molecule has 0 spiro atoms. The highest BCUT2D eigenvalue weighted by atomic mass is 16.5. The zero-order valence-corrected chi connectivity index (χ0v) is 14.3. The van der Waals surface area contributed by atoms with Gasteiger partial charge in [-0.25, -0.2) is 4.79 Å². The second-order valence-corrected chi connectivity index (χ2v) is 6.13. The van der Waals surface area contributed by atoms with Crippen molar-refractivity contribution >= 4 is 11.9 Å². The highest BCUT2D eigenvalue weighted by molar-refractivity contribution is 5.95. The predicted octanol–water partition coefficient (Wildman–Crippen LogP) is 2.19. The number of methoxy groups -OCH3 is 1. The summed E-state index contributed by atoms with van der Waals surface area (Å²) in [5, 5.41) is 6.89. The highest BCUT2D eigenvalue weighted by Crippen LogP contribution is 2.22. The molecule has 2 aromatic heterocycles. The van der Waals surface area contributed by atoms with E-state index in [-0.39, 0.29) is 5.91 Å². The van der Waals surface area contributed by atoms with Crippen LogP contribution in [0.5, 0.6) is 0 Å². The van der Waals surface area contributed by atoms with E-state index in [0.717, 1.165) is 16.9 Å². The van der Waals surface area contributed by atoms with Crippen LogP contribution >= 0.6 is 0 Å². The zero-order valence-electron chi connectivity index (χ0n) is 14.3. The van der Waals surface area contributed by atoms with E-state index in [2.05, 4.69) is 10.2 Å². The molecular weight excluding hydrogens is 332 g/mol. The first-order chi connectivity index (χ1) is 12.7. The van der Waals surface area contributed by atoms with Crippen molar-refractivity contribution in [2.24, 2.45) is 0 Å². The largest absolute Gasteiger partial charge is 0.464 e. The number of esters is 1. The predicted molar refractivity (Wildman–Crippen MR) is 94.1 cm³/mol. The van der Waals surface area contributed by atoms with Crippen LogP contribution < -0.4 is 0 Å². The summed E-state index contributed by atoms with van der Waals surface area (Å²) in [5.74, 6) is -0.494. The molecule has 1 aliphatic heterocycles. The third-order valence-corrected chi connectivity index (χ3v) is 4.62. The van der Waals surface area contributed by atoms with Gasteiger partial charge in [0.1, 0.15) is 0 Å². The maximum Gasteiger partial charge on any atom is 0.358 e. The lowest BCUT2D eigenvalue weighted by Crippen LogP contribution is -2.36. The molecule has 1 N–H and O–H groups in total. The van der Waals surface area contributed by atoms with Gasteiger partial charge in [-0.2, -0.15) is 5.10 Å². The minimum Gasteiger partial charge on any atom is -0.464 e. The van der Waals surface area contributed by atoms with Gasteiger partial charge >= 0.3 is 5.97 Å². The van der Waals surface area contributed by atoms with Gasteiger partial charge in [0.25, 0.3) is 5.91 Å². The quantitative estimate of drug-likeness (QED) is 0.734. The number of hydrogen-bond acceptors (Lipinski definition) is 4. The van der Waals surface area contributed by atoms with Crippen LogP contribution in [0, 0.1) is 0 Å². The molecule has 1 aromatic carbocycles. The van der Waals surface area contributed by atoms with Gasteiger partial charge in [0.2, 0.25) is 0 Å². The molecule has 3 heterocycles. The summed E-state index contributed by atoms with van der Waals surface area (Å²) >= 11 is 0. The Balaban J connectivity index is 1.51. The summed E-state index contributed by atoms with van der Waals surface area (Å²) in [6.07, 6.45) is 4.49. The number of amides is 1. The van der Waals surface area contributed by atoms with Crippen LogP contribution in [0.25, 0.3) is 5.69 Å². The number of aromatic nitrogens is 3. The topological polar surface area (TPSA) is 80.2 Å². The molecule has 0 saturated heterocycles. The van der Waals surface area contributed by atoms with E-state index >= 15 is 0 Å². The van der Waals surface area contributed by atoms with E-state index in [4.69, 9.17) is 4.74 Å². The van der Waals surface area contributed by atoms with Gasteiger partial charge in [-0.1, -0.05) is 0 Å². The van der Waals surface area contributed by atoms with Crippen LogP contribution in [0.4, 0.5) is 0 Å². The first-order valence-electron chi connectivity index (χ1n) is 8.34. The number of nitrogens with zero attached hydrogens (tertiary/aromatic N) is 3. The van der Waals surface area contributed by atoms with Crippen molar-refractivity contribution in [3.63, 3.8) is 0 Å². The van der Waals surface area contributed by atoms with Crippen LogP contribution in [-0.2, 0) is 17.7 Å². The SMILES string of the molecule is COC(=O)c1n[nH]c2c1CCN(C(=O)c1ccc(-n3cccc3)cc1)C2. The first kappa shape index (κ1) is 16.1. The van der Waals surface area contributed by atoms with Crippen molar-refractivity contribution < 1.29 is 14.3 Å². The molecule has 0 fully saturated rings. The molecule has 1 amide bonds. The fourth-order valence-corrected chi connectivity index (χ4v) is 3.22. The number of benzene rings is 1. The molecule has 3 aromatic rings. The first-order valence-corrected chi connectivity index (χ1v) is 8.34. The van der Waals surface area contributed by atoms with Crippen LogP contribution in [0.15, 0.2) is 48.8 Å². The molecule has 4 rings (SSSR count). The van der Waals surface area contributed by atoms with E-state index in [1.165, 1.54) is 7.11 Å². The van der Waals surface area contributed by atoms with Crippen LogP contribution in [0.3, 0.4) is 0 Å². The normalized spacial score (nSPS) is 13.3. The molecule has 7 nitrogen and oxygen atoms in total. The molecule has 0 aliphatic carbocycles. The van der Waals surface area contributed by atoms with Crippen LogP contribution in [-0.4, -0.2) is 45.2 Å². The molecule has 26 heavy (non-hydrogen) atoms. The molecule has 0 atom stereocenters. The van der Waals surface area contributed by atoms with Crippen LogP contribution in [0.1, 0.15) is 32.1 Å². The Kier molecular flexibility index (Phi) is 4.04. The van der Waals surface area contributed by atoms with Gasteiger partial charge < -0.3 is 14.2 Å². The summed E-state index contributed by atoms with van der Waals surface area (Å²) < 4.78 is 6.73. The second-order valence-electron chi connectivity index (χ2n) is 6.13. The minimum absolute atomic E-state index is 0.0380. The van der Waals surface area contributed by atoms with E-state index in [9.17, 15) is 9.59 Å². The summed E-state index contributed by atoms with van der Waals surface area (Å²) in [7, 11) is 1.33. The van der Waals surface area contributed by atoms with Gasteiger partial charge in [-0.15, -0.1) is 0 Å². The lowest BCUT2D eigenvalue weighted by Gasteiger charge is -2.27. The van der Waals surface area contributed by atoms with Crippen molar-refractivity contribution in [2.75, 3.05) is 13.7 Å². The molecule has 0 bridgehead atoms. The highest BCUT2D eigenvalue weighted by Gasteiger charge is 2.28. The van der Waals surface area contributed by atoms with Gasteiger partial charge in [-0.05, 0) is 42.8 Å². The molecule has 0 unspecified atom stereocenters. The zero-order chi connectivity index (χ0) is 18.1. The smallest absolute Gasteiger partial charge is 0.358 e. The Morgan fingerprint density at radius 2 is 1.88 bits per heavy atom. The van der Waals surface area contributed by atoms with Gasteiger partial charge in [0.05, 0.1) is 19.3 Å². The fourth-order valence-electron chi connectivity index (χ4n) is 3.22. The Bertz CT molecular complexity index is 942. The number of aromatic amines is 1. The third kappa shape index (κ3) is 2.77. The summed E-state index contributed by atoms with van der Waals surface area (Å²) in [6, 6.07) is 11.4. The lowest BCUT2D eigenvalue weighted by atomic mass is 10.0. The average Bonchev–Trinajstić information content (AvgIpc) is 3.36. The monoisotopic (exact) mass is 350 g/mol. The number of nitrogens with one attached hydrogen (secondary N) is 1. The molecule has 0 saturated carbocycles. The van der Waals surface area contributed by atoms with Crippen molar-refractivity contribution in [2.45, 2.75) is 13.0 Å². The van der Waals surface area contributed by atoms with Crippen molar-refractivity contribution in [3.05, 3.63) is 71.3 Å². The van der Waals surface area contributed by atoms with E-state index < -0.39 is 5.97 Å². The number of rotatable bonds is 3. The lowest BCUT2D eigenvalue weighted by molar-refractivity contribution is 0.0592. The maximum atomic E-state index is 12.8. The standard InChI is InChI=1S/C19H18N4O3/c1-26-19(25)17-15-8-11-23(12-16(15)20-21-17)18(24)13-4-6-14(7-5-13)22-9-2-3-10-22/h2-7,9-10H,8,11-12H2,1H3,(H,20,21). The van der Waals surface area contributed by atoms with Gasteiger partial charge in [0, 0.05) is 35.8 Å². The molecule has 7 heteroatoms.